The molecule has 0 spiro atoms. The van der Waals surface area contributed by atoms with Gasteiger partial charge in [-0.05, 0) is 25.1 Å². The Morgan fingerprint density at radius 2 is 1.71 bits per heavy atom. The molecule has 0 saturated carbocycles. The van der Waals surface area contributed by atoms with Crippen molar-refractivity contribution in [3.05, 3.63) is 84.3 Å². The van der Waals surface area contributed by atoms with Gasteiger partial charge in [0.15, 0.2) is 17.4 Å². The zero-order valence-electron chi connectivity index (χ0n) is 25.7. The zero-order valence-corrected chi connectivity index (χ0v) is 25.7. The molecule has 258 valence electrons. The number of para-hydroxylation sites is 1. The molecule has 0 fully saturated rings. The van der Waals surface area contributed by atoms with E-state index >= 15 is 8.78 Å². The van der Waals surface area contributed by atoms with Crippen LogP contribution in [0.15, 0.2) is 67.1 Å². The summed E-state index contributed by atoms with van der Waals surface area (Å²) in [7, 11) is 1.51. The van der Waals surface area contributed by atoms with E-state index in [9.17, 15) is 18.0 Å². The van der Waals surface area contributed by atoms with Crippen LogP contribution in [0.25, 0.3) is 22.4 Å². The highest BCUT2D eigenvalue weighted by atomic mass is 19.4. The second kappa shape index (κ2) is 15.8. The van der Waals surface area contributed by atoms with E-state index in [1.807, 2.05) is 12.1 Å². The number of nitrogens with one attached hydrogen (secondary N) is 1. The van der Waals surface area contributed by atoms with Crippen molar-refractivity contribution in [1.29, 1.82) is 0 Å². The molecule has 3 aromatic heterocycles. The van der Waals surface area contributed by atoms with Crippen molar-refractivity contribution in [2.75, 3.05) is 25.6 Å². The third kappa shape index (κ3) is 9.34. The molecule has 5 aromatic rings. The summed E-state index contributed by atoms with van der Waals surface area (Å²) in [4.78, 5) is 33.4. The zero-order chi connectivity index (χ0) is 35.7. The van der Waals surface area contributed by atoms with Crippen LogP contribution in [0.4, 0.5) is 33.5 Å². The fourth-order valence-electron chi connectivity index (χ4n) is 4.11. The molecule has 5 rings (SSSR count). The maximum absolute atomic E-state index is 15.1. The van der Waals surface area contributed by atoms with Crippen molar-refractivity contribution < 1.29 is 50.9 Å². The summed E-state index contributed by atoms with van der Waals surface area (Å²) >= 11 is 0. The largest absolute Gasteiger partial charge is 0.491 e. The van der Waals surface area contributed by atoms with E-state index in [1.165, 1.54) is 24.9 Å². The van der Waals surface area contributed by atoms with Crippen LogP contribution in [0.3, 0.4) is 0 Å². The Hall–Kier alpha value is -5.91. The first-order valence-electron chi connectivity index (χ1n) is 14.2. The molecule has 0 bridgehead atoms. The highest BCUT2D eigenvalue weighted by Crippen LogP contribution is 2.31. The summed E-state index contributed by atoms with van der Waals surface area (Å²) in [5, 5.41) is 15.6. The molecule has 13 nitrogen and oxygen atoms in total. The highest BCUT2D eigenvalue weighted by Gasteiger charge is 2.38. The lowest BCUT2D eigenvalue weighted by molar-refractivity contribution is -0.192. The summed E-state index contributed by atoms with van der Waals surface area (Å²) < 4.78 is 79.1. The number of methoxy groups -OCH3 is 1. The molecule has 0 radical (unpaired) electrons. The van der Waals surface area contributed by atoms with Gasteiger partial charge in [-0.1, -0.05) is 18.2 Å². The number of carboxylic acid groups (broad SMARTS) is 1. The number of nitrogens with zero attached hydrogens (tertiary/aromatic N) is 5. The third-order valence-electron chi connectivity index (χ3n) is 6.42. The summed E-state index contributed by atoms with van der Waals surface area (Å²) in [5.74, 6) is -3.92. The van der Waals surface area contributed by atoms with Crippen LogP contribution in [-0.2, 0) is 20.9 Å². The number of ether oxygens (including phenoxy) is 3. The molecule has 0 aliphatic rings. The Morgan fingerprint density at radius 3 is 2.33 bits per heavy atom. The van der Waals surface area contributed by atoms with Crippen LogP contribution < -0.4 is 20.5 Å². The molecular weight excluding hydrogens is 661 g/mol. The number of hydrogen-bond donors (Lipinski definition) is 3. The van der Waals surface area contributed by atoms with E-state index in [0.29, 0.717) is 28.2 Å². The molecular formula is C31H28F5N7O6. The van der Waals surface area contributed by atoms with Crippen LogP contribution in [-0.4, -0.2) is 74.3 Å². The number of fused-ring (bicyclic) bond motifs is 1. The number of anilines is 2. The predicted molar refractivity (Wildman–Crippen MR) is 164 cm³/mol. The van der Waals surface area contributed by atoms with Crippen molar-refractivity contribution >= 4 is 34.3 Å². The molecule has 49 heavy (non-hydrogen) atoms. The first kappa shape index (κ1) is 35.9. The fourth-order valence-corrected chi connectivity index (χ4v) is 4.11. The standard InChI is InChI=1S/C29H27F2N7O4.C2HF3O2/c1-17(32)29(39)42-12-11-41-19-13-22(30)21(23(31)14-19)16-38-24-6-4-3-5-20(24)26(37-38)28-34-15-25(40-2)27(36-28)35-18-7-9-33-10-8-18;3-2(4,5)1(6)7/h3-10,13-15,17H,11-12,16,32H2,1-2H3,(H,33,34,35,36);(H,6,7). The number of esters is 1. The predicted octanol–water partition coefficient (Wildman–Crippen LogP) is 4.87. The van der Waals surface area contributed by atoms with Gasteiger partial charge >= 0.3 is 18.1 Å². The number of pyridine rings is 1. The van der Waals surface area contributed by atoms with Crippen molar-refractivity contribution in [3.63, 3.8) is 0 Å². The number of rotatable bonds is 11. The minimum absolute atomic E-state index is 0.0440. The summed E-state index contributed by atoms with van der Waals surface area (Å²) in [5.41, 5.74) is 7.02. The van der Waals surface area contributed by atoms with Gasteiger partial charge < -0.3 is 30.4 Å². The number of hydrogen-bond acceptors (Lipinski definition) is 11. The number of halogens is 5. The van der Waals surface area contributed by atoms with Gasteiger partial charge in [-0.15, -0.1) is 0 Å². The molecule has 4 N–H and O–H groups in total. The lowest BCUT2D eigenvalue weighted by Crippen LogP contribution is -2.29. The molecule has 0 aliphatic heterocycles. The lowest BCUT2D eigenvalue weighted by atomic mass is 10.1. The van der Waals surface area contributed by atoms with Crippen molar-refractivity contribution in [3.8, 4) is 23.0 Å². The van der Waals surface area contributed by atoms with Gasteiger partial charge in [0.2, 0.25) is 0 Å². The van der Waals surface area contributed by atoms with Crippen molar-refractivity contribution in [2.45, 2.75) is 25.7 Å². The Balaban J connectivity index is 0.000000698. The average Bonchev–Trinajstić information content (AvgIpc) is 3.43. The molecule has 3 heterocycles. The Bertz CT molecular complexity index is 1900. The normalized spacial score (nSPS) is 11.7. The summed E-state index contributed by atoms with van der Waals surface area (Å²) in [6.45, 7) is 1.08. The van der Waals surface area contributed by atoms with Gasteiger partial charge in [0.25, 0.3) is 0 Å². The van der Waals surface area contributed by atoms with Gasteiger partial charge in [0.1, 0.15) is 42.3 Å². The molecule has 18 heteroatoms. The van der Waals surface area contributed by atoms with Gasteiger partial charge in [0.05, 0.1) is 25.4 Å². The van der Waals surface area contributed by atoms with E-state index in [4.69, 9.17) is 29.8 Å². The van der Waals surface area contributed by atoms with Crippen LogP contribution in [0.1, 0.15) is 12.5 Å². The Morgan fingerprint density at radius 1 is 1.06 bits per heavy atom. The average molecular weight is 690 g/mol. The SMILES string of the molecule is COc1cnc(-c2nn(Cc3c(F)cc(OCCOC(=O)C(C)N)cc3F)c3ccccc23)nc1Nc1ccncc1.O=C(O)C(F)(F)F. The number of nitrogens with two attached hydrogens (primary N) is 1. The van der Waals surface area contributed by atoms with Gasteiger partial charge in [-0.2, -0.15) is 18.3 Å². The lowest BCUT2D eigenvalue weighted by Gasteiger charge is -2.11. The quantitative estimate of drug-likeness (QED) is 0.0976. The maximum atomic E-state index is 15.1. The molecule has 0 saturated heterocycles. The van der Waals surface area contributed by atoms with Gasteiger partial charge in [0, 0.05) is 41.2 Å². The van der Waals surface area contributed by atoms with Crippen LogP contribution in [0.5, 0.6) is 11.5 Å². The minimum Gasteiger partial charge on any atom is -0.491 e. The van der Waals surface area contributed by atoms with E-state index in [2.05, 4.69) is 25.4 Å². The second-order valence-corrected chi connectivity index (χ2v) is 9.97. The number of carboxylic acids is 1. The van der Waals surface area contributed by atoms with Crippen molar-refractivity contribution in [2.24, 2.45) is 5.73 Å². The van der Waals surface area contributed by atoms with E-state index in [-0.39, 0.29) is 36.9 Å². The number of alkyl halides is 3. The van der Waals surface area contributed by atoms with E-state index < -0.39 is 35.8 Å². The number of carbonyl (C=O) groups excluding carboxylic acids is 1. The number of benzene rings is 2. The van der Waals surface area contributed by atoms with Gasteiger partial charge in [-0.25, -0.2) is 23.5 Å². The monoisotopic (exact) mass is 689 g/mol. The minimum atomic E-state index is -5.08. The van der Waals surface area contributed by atoms with Crippen molar-refractivity contribution in [1.82, 2.24) is 24.7 Å². The smallest absolute Gasteiger partial charge is 0.490 e. The molecule has 0 aliphatic carbocycles. The Kier molecular flexibility index (Phi) is 11.6. The molecule has 0 amide bonds. The number of aliphatic carboxylic acids is 1. The maximum Gasteiger partial charge on any atom is 0.490 e. The van der Waals surface area contributed by atoms with Crippen LogP contribution in [0, 0.1) is 11.6 Å². The van der Waals surface area contributed by atoms with Crippen LogP contribution in [0.2, 0.25) is 0 Å². The first-order valence-corrected chi connectivity index (χ1v) is 14.2. The first-order chi connectivity index (χ1) is 23.3. The van der Waals surface area contributed by atoms with Gasteiger partial charge in [-0.3, -0.25) is 14.5 Å². The number of aromatic nitrogens is 5. The molecule has 1 unspecified atom stereocenters. The van der Waals surface area contributed by atoms with Crippen LogP contribution >= 0.6 is 0 Å². The number of carbonyl (C=O) groups is 2. The highest BCUT2D eigenvalue weighted by molar-refractivity contribution is 5.92. The Labute approximate surface area is 274 Å². The van der Waals surface area contributed by atoms with E-state index in [0.717, 1.165) is 17.8 Å². The summed E-state index contributed by atoms with van der Waals surface area (Å²) in [6, 6.07) is 12.2. The molecule has 1 atom stereocenters. The third-order valence-corrected chi connectivity index (χ3v) is 6.42. The van der Waals surface area contributed by atoms with E-state index in [1.54, 1.807) is 36.7 Å². The fraction of sp³-hybridized carbons (Fsp3) is 0.226. The summed E-state index contributed by atoms with van der Waals surface area (Å²) in [6.07, 6.45) is -0.276. The topological polar surface area (TPSA) is 177 Å². The second-order valence-electron chi connectivity index (χ2n) is 9.97. The molecule has 2 aromatic carbocycles.